The molecule has 1 aliphatic heterocycles. The van der Waals surface area contributed by atoms with E-state index in [1.165, 1.54) is 30.4 Å². The molecule has 0 saturated carbocycles. The van der Waals surface area contributed by atoms with Crippen molar-refractivity contribution in [3.8, 4) is 5.88 Å². The predicted molar refractivity (Wildman–Crippen MR) is 84.9 cm³/mol. The number of rotatable bonds is 5. The van der Waals surface area contributed by atoms with Gasteiger partial charge in [-0.25, -0.2) is 14.4 Å². The lowest BCUT2D eigenvalue weighted by atomic mass is 10.0. The maximum absolute atomic E-state index is 12.8. The lowest BCUT2D eigenvalue weighted by Crippen LogP contribution is -2.60. The Morgan fingerprint density at radius 1 is 1.48 bits per heavy atom. The Balaban J connectivity index is 1.51. The smallest absolute Gasteiger partial charge is 0.223 e. The molecule has 1 aliphatic rings. The number of likely N-dealkylation sites (tertiary alicyclic amines) is 1. The largest absolute Gasteiger partial charge is 0.471 e. The minimum atomic E-state index is -0.374. The molecule has 1 N–H and O–H groups in total. The SMILES string of the molecule is CC(=O)Nc1ncc(CN2C[C@@H](Oc3ccc(F)cn3)[C@H]2C)s1. The number of pyridine rings is 1. The van der Waals surface area contributed by atoms with Crippen LogP contribution in [-0.2, 0) is 11.3 Å². The van der Waals surface area contributed by atoms with Crippen molar-refractivity contribution in [3.05, 3.63) is 35.2 Å². The first-order valence-electron chi connectivity index (χ1n) is 7.26. The van der Waals surface area contributed by atoms with E-state index in [9.17, 15) is 9.18 Å². The summed E-state index contributed by atoms with van der Waals surface area (Å²) in [6.07, 6.45) is 2.96. The molecule has 122 valence electrons. The molecule has 0 aliphatic carbocycles. The Morgan fingerprint density at radius 2 is 2.30 bits per heavy atom. The minimum absolute atomic E-state index is 0.0377. The summed E-state index contributed by atoms with van der Waals surface area (Å²) in [7, 11) is 0. The van der Waals surface area contributed by atoms with E-state index < -0.39 is 0 Å². The van der Waals surface area contributed by atoms with Crippen molar-refractivity contribution in [1.82, 2.24) is 14.9 Å². The van der Waals surface area contributed by atoms with Crippen LogP contribution in [0.15, 0.2) is 24.5 Å². The Hall–Kier alpha value is -2.06. The number of nitrogens with one attached hydrogen (secondary N) is 1. The van der Waals surface area contributed by atoms with E-state index in [4.69, 9.17) is 4.74 Å². The standard InChI is InChI=1S/C15H17FN4O2S/c1-9-13(22-14-4-3-11(16)5-17-14)8-20(9)7-12-6-18-15(23-12)19-10(2)21/h3-6,9,13H,7-8H2,1-2H3,(H,18,19,21)/t9-,13-/m1/s1. The molecule has 23 heavy (non-hydrogen) atoms. The first-order valence-corrected chi connectivity index (χ1v) is 8.07. The number of thiazole rings is 1. The molecule has 3 rings (SSSR count). The molecule has 8 heteroatoms. The maximum Gasteiger partial charge on any atom is 0.223 e. The molecule has 1 saturated heterocycles. The van der Waals surface area contributed by atoms with Gasteiger partial charge in [0.05, 0.1) is 6.20 Å². The molecule has 0 radical (unpaired) electrons. The van der Waals surface area contributed by atoms with Crippen molar-refractivity contribution in [2.75, 3.05) is 11.9 Å². The summed E-state index contributed by atoms with van der Waals surface area (Å²) < 4.78 is 18.6. The molecule has 1 fully saturated rings. The van der Waals surface area contributed by atoms with E-state index in [1.54, 1.807) is 6.20 Å². The number of ether oxygens (including phenoxy) is 1. The second kappa shape index (κ2) is 6.59. The molecule has 0 aromatic carbocycles. The van der Waals surface area contributed by atoms with E-state index in [1.807, 2.05) is 0 Å². The Bertz CT molecular complexity index is 691. The van der Waals surface area contributed by atoms with Crippen LogP contribution in [0.4, 0.5) is 9.52 Å². The second-order valence-electron chi connectivity index (χ2n) is 5.45. The summed E-state index contributed by atoms with van der Waals surface area (Å²) in [6.45, 7) is 5.07. The average Bonchev–Trinajstić information content (AvgIpc) is 2.94. The van der Waals surface area contributed by atoms with Crippen LogP contribution in [-0.4, -0.2) is 39.5 Å². The highest BCUT2D eigenvalue weighted by Gasteiger charge is 2.37. The first-order chi connectivity index (χ1) is 11.0. The lowest BCUT2D eigenvalue weighted by Gasteiger charge is -2.45. The number of carbonyl (C=O) groups is 1. The summed E-state index contributed by atoms with van der Waals surface area (Å²) in [4.78, 5) is 22.4. The maximum atomic E-state index is 12.8. The summed E-state index contributed by atoms with van der Waals surface area (Å²) in [5, 5.41) is 3.29. The highest BCUT2D eigenvalue weighted by molar-refractivity contribution is 7.15. The van der Waals surface area contributed by atoms with Gasteiger partial charge in [0.25, 0.3) is 0 Å². The average molecular weight is 336 g/mol. The number of hydrogen-bond donors (Lipinski definition) is 1. The monoisotopic (exact) mass is 336 g/mol. The van der Waals surface area contributed by atoms with Crippen LogP contribution < -0.4 is 10.1 Å². The van der Waals surface area contributed by atoms with Crippen molar-refractivity contribution >= 4 is 22.4 Å². The highest BCUT2D eigenvalue weighted by atomic mass is 32.1. The number of halogens is 1. The number of amides is 1. The van der Waals surface area contributed by atoms with Gasteiger partial charge in [0, 0.05) is 43.2 Å². The Morgan fingerprint density at radius 3 is 2.96 bits per heavy atom. The third-order valence-corrected chi connectivity index (χ3v) is 4.59. The van der Waals surface area contributed by atoms with Crippen molar-refractivity contribution in [1.29, 1.82) is 0 Å². The van der Waals surface area contributed by atoms with E-state index in [-0.39, 0.29) is 23.9 Å². The molecule has 2 atom stereocenters. The molecular formula is C15H17FN4O2S. The van der Waals surface area contributed by atoms with Crippen LogP contribution in [0.3, 0.4) is 0 Å². The number of carbonyl (C=O) groups excluding carboxylic acids is 1. The molecule has 0 bridgehead atoms. The van der Waals surface area contributed by atoms with Crippen molar-refractivity contribution in [2.45, 2.75) is 32.5 Å². The zero-order chi connectivity index (χ0) is 16.4. The third-order valence-electron chi connectivity index (χ3n) is 3.70. The van der Waals surface area contributed by atoms with Crippen molar-refractivity contribution < 1.29 is 13.9 Å². The van der Waals surface area contributed by atoms with Gasteiger partial charge in [-0.1, -0.05) is 0 Å². The normalized spacial score (nSPS) is 20.8. The zero-order valence-corrected chi connectivity index (χ0v) is 13.6. The number of hydrogen-bond acceptors (Lipinski definition) is 6. The quantitative estimate of drug-likeness (QED) is 0.907. The van der Waals surface area contributed by atoms with Gasteiger partial charge in [-0.15, -0.1) is 11.3 Å². The topological polar surface area (TPSA) is 67.4 Å². The van der Waals surface area contributed by atoms with Crippen LogP contribution in [0.5, 0.6) is 5.88 Å². The second-order valence-corrected chi connectivity index (χ2v) is 6.57. The van der Waals surface area contributed by atoms with Crippen LogP contribution in [0, 0.1) is 5.82 Å². The fourth-order valence-corrected chi connectivity index (χ4v) is 3.25. The molecule has 2 aromatic rings. The van der Waals surface area contributed by atoms with Gasteiger partial charge in [-0.3, -0.25) is 9.69 Å². The van der Waals surface area contributed by atoms with E-state index in [0.29, 0.717) is 11.0 Å². The van der Waals surface area contributed by atoms with E-state index in [2.05, 4.69) is 27.1 Å². The molecule has 1 amide bonds. The number of nitrogens with zero attached hydrogens (tertiary/aromatic N) is 3. The van der Waals surface area contributed by atoms with Crippen molar-refractivity contribution in [2.24, 2.45) is 0 Å². The van der Waals surface area contributed by atoms with Crippen LogP contribution >= 0.6 is 11.3 Å². The fourth-order valence-electron chi connectivity index (χ4n) is 2.37. The Labute approximate surface area is 137 Å². The van der Waals surface area contributed by atoms with Gasteiger partial charge in [-0.2, -0.15) is 0 Å². The molecule has 2 aromatic heterocycles. The van der Waals surface area contributed by atoms with Gasteiger partial charge in [0.1, 0.15) is 11.9 Å². The van der Waals surface area contributed by atoms with Gasteiger partial charge in [-0.05, 0) is 13.0 Å². The number of anilines is 1. The molecule has 6 nitrogen and oxygen atoms in total. The van der Waals surface area contributed by atoms with Gasteiger partial charge >= 0.3 is 0 Å². The fraction of sp³-hybridized carbons (Fsp3) is 0.400. The van der Waals surface area contributed by atoms with Gasteiger partial charge in [0.15, 0.2) is 5.13 Å². The summed E-state index contributed by atoms with van der Waals surface area (Å²) in [5.74, 6) is -0.0575. The zero-order valence-electron chi connectivity index (χ0n) is 12.8. The minimum Gasteiger partial charge on any atom is -0.471 e. The lowest BCUT2D eigenvalue weighted by molar-refractivity contribution is -0.114. The summed E-state index contributed by atoms with van der Waals surface area (Å²) >= 11 is 1.47. The Kier molecular flexibility index (Phi) is 4.53. The molecule has 3 heterocycles. The highest BCUT2D eigenvalue weighted by Crippen LogP contribution is 2.27. The molecule has 0 spiro atoms. The summed E-state index contributed by atoms with van der Waals surface area (Å²) in [6, 6.07) is 3.10. The number of aromatic nitrogens is 2. The molecular weight excluding hydrogens is 319 g/mol. The van der Waals surface area contributed by atoms with Gasteiger partial charge in [0.2, 0.25) is 11.8 Å². The van der Waals surface area contributed by atoms with Crippen molar-refractivity contribution in [3.63, 3.8) is 0 Å². The summed E-state index contributed by atoms with van der Waals surface area (Å²) in [5.41, 5.74) is 0. The van der Waals surface area contributed by atoms with Crippen LogP contribution in [0.1, 0.15) is 18.7 Å². The van der Waals surface area contributed by atoms with Crippen LogP contribution in [0.25, 0.3) is 0 Å². The first kappa shape index (κ1) is 15.8. The van der Waals surface area contributed by atoms with E-state index >= 15 is 0 Å². The predicted octanol–water partition coefficient (Wildman–Crippen LogP) is 2.29. The molecule has 0 unspecified atom stereocenters. The third kappa shape index (κ3) is 3.83. The van der Waals surface area contributed by atoms with Crippen LogP contribution in [0.2, 0.25) is 0 Å². The van der Waals surface area contributed by atoms with Gasteiger partial charge < -0.3 is 10.1 Å². The van der Waals surface area contributed by atoms with E-state index in [0.717, 1.165) is 24.2 Å².